The van der Waals surface area contributed by atoms with Gasteiger partial charge in [-0.1, -0.05) is 23.7 Å². The summed E-state index contributed by atoms with van der Waals surface area (Å²) in [5, 5.41) is 13.3. The second-order valence-corrected chi connectivity index (χ2v) is 7.35. The zero-order valence-corrected chi connectivity index (χ0v) is 14.8. The van der Waals surface area contributed by atoms with Gasteiger partial charge < -0.3 is 4.42 Å². The Kier molecular flexibility index (Phi) is 4.65. The van der Waals surface area contributed by atoms with Crippen LogP contribution in [-0.4, -0.2) is 28.2 Å². The summed E-state index contributed by atoms with van der Waals surface area (Å²) in [7, 11) is 0. The smallest absolute Gasteiger partial charge is 0.248 e. The van der Waals surface area contributed by atoms with E-state index in [-0.39, 0.29) is 0 Å². The minimum Gasteiger partial charge on any atom is -0.420 e. The third kappa shape index (κ3) is 3.53. The molecule has 3 heterocycles. The number of aromatic nitrogens is 2. The summed E-state index contributed by atoms with van der Waals surface area (Å²) in [6, 6.07) is 10.1. The molecule has 0 N–H and O–H groups in total. The summed E-state index contributed by atoms with van der Waals surface area (Å²) in [5.41, 5.74) is 2.31. The van der Waals surface area contributed by atoms with E-state index in [1.165, 1.54) is 5.56 Å². The topological polar surface area (TPSA) is 42.2 Å². The molecule has 124 valence electrons. The summed E-state index contributed by atoms with van der Waals surface area (Å²) in [4.78, 5) is 2.47. The van der Waals surface area contributed by atoms with Gasteiger partial charge in [-0.3, -0.25) is 4.90 Å². The molecule has 1 fully saturated rings. The SMILES string of the molecule is Clc1ccc(CN2CCC(c3nnc(-c4ccsc4)o3)CC2)cc1. The van der Waals surface area contributed by atoms with Crippen molar-refractivity contribution in [3.63, 3.8) is 0 Å². The minimum absolute atomic E-state index is 0.367. The first kappa shape index (κ1) is 15.8. The van der Waals surface area contributed by atoms with E-state index in [4.69, 9.17) is 16.0 Å². The fourth-order valence-corrected chi connectivity index (χ4v) is 3.84. The van der Waals surface area contributed by atoms with Crippen molar-refractivity contribution in [3.05, 3.63) is 57.6 Å². The van der Waals surface area contributed by atoms with Crippen LogP contribution in [0.3, 0.4) is 0 Å². The molecule has 24 heavy (non-hydrogen) atoms. The van der Waals surface area contributed by atoms with Crippen LogP contribution in [0.5, 0.6) is 0 Å². The van der Waals surface area contributed by atoms with Crippen molar-refractivity contribution in [2.75, 3.05) is 13.1 Å². The lowest BCUT2D eigenvalue weighted by molar-refractivity contribution is 0.193. The molecular weight excluding hydrogens is 342 g/mol. The quantitative estimate of drug-likeness (QED) is 0.669. The van der Waals surface area contributed by atoms with Crippen LogP contribution in [-0.2, 0) is 6.54 Å². The van der Waals surface area contributed by atoms with Crippen LogP contribution in [0.1, 0.15) is 30.2 Å². The van der Waals surface area contributed by atoms with Crippen LogP contribution >= 0.6 is 22.9 Å². The highest BCUT2D eigenvalue weighted by Gasteiger charge is 2.25. The lowest BCUT2D eigenvalue weighted by Crippen LogP contribution is -2.32. The monoisotopic (exact) mass is 359 g/mol. The Morgan fingerprint density at radius 3 is 2.62 bits per heavy atom. The molecule has 1 aliphatic rings. The molecule has 0 spiro atoms. The molecule has 0 saturated carbocycles. The van der Waals surface area contributed by atoms with Gasteiger partial charge in [0.05, 0.1) is 0 Å². The largest absolute Gasteiger partial charge is 0.420 e. The van der Waals surface area contributed by atoms with Crippen LogP contribution in [0.4, 0.5) is 0 Å². The summed E-state index contributed by atoms with van der Waals surface area (Å²) in [5.74, 6) is 1.78. The number of rotatable bonds is 4. The number of likely N-dealkylation sites (tertiary alicyclic amines) is 1. The summed E-state index contributed by atoms with van der Waals surface area (Å²) in [6.07, 6.45) is 2.11. The van der Waals surface area contributed by atoms with Crippen molar-refractivity contribution in [2.45, 2.75) is 25.3 Å². The lowest BCUT2D eigenvalue weighted by Gasteiger charge is -2.30. The van der Waals surface area contributed by atoms with Gasteiger partial charge in [-0.05, 0) is 55.1 Å². The van der Waals surface area contributed by atoms with Crippen LogP contribution < -0.4 is 0 Å². The van der Waals surface area contributed by atoms with E-state index in [9.17, 15) is 0 Å². The number of hydrogen-bond acceptors (Lipinski definition) is 5. The average Bonchev–Trinajstić information content (AvgIpc) is 3.29. The average molecular weight is 360 g/mol. The Balaban J connectivity index is 1.35. The van der Waals surface area contributed by atoms with Gasteiger partial charge in [-0.25, -0.2) is 0 Å². The van der Waals surface area contributed by atoms with Crippen molar-refractivity contribution < 1.29 is 4.42 Å². The predicted octanol–water partition coefficient (Wildman–Crippen LogP) is 4.83. The molecule has 4 nitrogen and oxygen atoms in total. The maximum atomic E-state index is 5.94. The first-order valence-corrected chi connectivity index (χ1v) is 9.43. The van der Waals surface area contributed by atoms with Crippen LogP contribution in [0.15, 0.2) is 45.5 Å². The van der Waals surface area contributed by atoms with Crippen LogP contribution in [0, 0.1) is 0 Å². The molecule has 1 aliphatic heterocycles. The first-order valence-electron chi connectivity index (χ1n) is 8.11. The molecule has 0 radical (unpaired) electrons. The van der Waals surface area contributed by atoms with E-state index in [0.717, 1.165) is 49.0 Å². The summed E-state index contributed by atoms with van der Waals surface area (Å²) in [6.45, 7) is 3.06. The second kappa shape index (κ2) is 7.05. The number of benzene rings is 1. The second-order valence-electron chi connectivity index (χ2n) is 6.13. The van der Waals surface area contributed by atoms with E-state index >= 15 is 0 Å². The number of piperidine rings is 1. The van der Waals surface area contributed by atoms with Gasteiger partial charge >= 0.3 is 0 Å². The number of halogens is 1. The number of hydrogen-bond donors (Lipinski definition) is 0. The van der Waals surface area contributed by atoms with Crippen molar-refractivity contribution >= 4 is 22.9 Å². The van der Waals surface area contributed by atoms with E-state index < -0.39 is 0 Å². The molecule has 3 aromatic rings. The maximum Gasteiger partial charge on any atom is 0.248 e. The van der Waals surface area contributed by atoms with E-state index in [0.29, 0.717) is 11.8 Å². The first-order chi connectivity index (χ1) is 11.8. The molecule has 2 aromatic heterocycles. The summed E-state index contributed by atoms with van der Waals surface area (Å²) < 4.78 is 5.89. The fraction of sp³-hybridized carbons (Fsp3) is 0.333. The Morgan fingerprint density at radius 1 is 1.12 bits per heavy atom. The third-order valence-electron chi connectivity index (χ3n) is 4.47. The lowest BCUT2D eigenvalue weighted by atomic mass is 9.96. The molecular formula is C18H18ClN3OS. The van der Waals surface area contributed by atoms with E-state index in [1.807, 2.05) is 29.0 Å². The Labute approximate surface area is 150 Å². The van der Waals surface area contributed by atoms with Gasteiger partial charge in [0, 0.05) is 28.4 Å². The Bertz CT molecular complexity index is 777. The molecule has 0 bridgehead atoms. The highest BCUT2D eigenvalue weighted by atomic mass is 35.5. The molecule has 1 saturated heterocycles. The van der Waals surface area contributed by atoms with Gasteiger partial charge in [0.2, 0.25) is 11.8 Å². The van der Waals surface area contributed by atoms with E-state index in [2.05, 4.69) is 27.2 Å². The highest BCUT2D eigenvalue weighted by Crippen LogP contribution is 2.30. The van der Waals surface area contributed by atoms with Crippen molar-refractivity contribution in [3.8, 4) is 11.5 Å². The molecule has 0 aliphatic carbocycles. The molecule has 1 aromatic carbocycles. The van der Waals surface area contributed by atoms with Crippen LogP contribution in [0.2, 0.25) is 5.02 Å². The standard InChI is InChI=1S/C18H18ClN3OS/c19-16-3-1-13(2-4-16)11-22-8-5-14(6-9-22)17-20-21-18(23-17)15-7-10-24-12-15/h1-4,7,10,12,14H,5-6,8-9,11H2. The summed E-state index contributed by atoms with van der Waals surface area (Å²) >= 11 is 7.58. The third-order valence-corrected chi connectivity index (χ3v) is 5.40. The van der Waals surface area contributed by atoms with Gasteiger partial charge in [0.15, 0.2) is 0 Å². The molecule has 6 heteroatoms. The fourth-order valence-electron chi connectivity index (χ4n) is 3.09. The molecule has 4 rings (SSSR count). The minimum atomic E-state index is 0.367. The predicted molar refractivity (Wildman–Crippen MR) is 96.3 cm³/mol. The Morgan fingerprint density at radius 2 is 1.92 bits per heavy atom. The zero-order chi connectivity index (χ0) is 16.4. The number of nitrogens with zero attached hydrogens (tertiary/aromatic N) is 3. The van der Waals surface area contributed by atoms with Gasteiger partial charge in [0.25, 0.3) is 0 Å². The highest BCUT2D eigenvalue weighted by molar-refractivity contribution is 7.08. The maximum absolute atomic E-state index is 5.94. The van der Waals surface area contributed by atoms with Gasteiger partial charge in [0.1, 0.15) is 0 Å². The number of thiophene rings is 1. The van der Waals surface area contributed by atoms with Crippen LogP contribution in [0.25, 0.3) is 11.5 Å². The van der Waals surface area contributed by atoms with Gasteiger partial charge in [-0.15, -0.1) is 10.2 Å². The van der Waals surface area contributed by atoms with Crippen molar-refractivity contribution in [2.24, 2.45) is 0 Å². The van der Waals surface area contributed by atoms with E-state index in [1.54, 1.807) is 11.3 Å². The molecule has 0 unspecified atom stereocenters. The van der Waals surface area contributed by atoms with Crippen molar-refractivity contribution in [1.29, 1.82) is 0 Å². The van der Waals surface area contributed by atoms with Gasteiger partial charge in [-0.2, -0.15) is 11.3 Å². The zero-order valence-electron chi connectivity index (χ0n) is 13.2. The molecule has 0 amide bonds. The molecule has 0 atom stereocenters. The van der Waals surface area contributed by atoms with Crippen molar-refractivity contribution in [1.82, 2.24) is 15.1 Å². The normalized spacial score (nSPS) is 16.5. The Hall–Kier alpha value is -1.69.